The molecular formula is C31H28F2N4O6. The van der Waals surface area contributed by atoms with Crippen molar-refractivity contribution in [3.8, 4) is 0 Å². The zero-order valence-corrected chi connectivity index (χ0v) is 23.4. The highest BCUT2D eigenvalue weighted by atomic mass is 19.3. The average molecular weight is 591 g/mol. The Balaban J connectivity index is 1.33. The van der Waals surface area contributed by atoms with Crippen LogP contribution in [0.4, 0.5) is 25.0 Å². The predicted molar refractivity (Wildman–Crippen MR) is 151 cm³/mol. The van der Waals surface area contributed by atoms with Crippen molar-refractivity contribution in [3.05, 3.63) is 95.1 Å². The molecule has 2 aliphatic heterocycles. The summed E-state index contributed by atoms with van der Waals surface area (Å²) in [7, 11) is 2.47. The van der Waals surface area contributed by atoms with Crippen molar-refractivity contribution in [2.45, 2.75) is 38.0 Å². The van der Waals surface area contributed by atoms with E-state index in [0.29, 0.717) is 5.56 Å². The Kier molecular flexibility index (Phi) is 7.94. The molecule has 12 heteroatoms. The molecule has 0 aromatic heterocycles. The standard InChI is InChI=1S/C31H28F2N4O6/c1-35(21-12-13-22-20(16-21)17-37(28(22)40)25-14-15-26(38)34-27(25)39)29(41)31(32,33)23-10-6-7-11-24(23)36(2)30(42)43-18-19-8-4-3-5-9-19/h3-13,16,25H,14-15,17-18H2,1-2H3,(H,34,38,39). The number of nitrogens with one attached hydrogen (secondary N) is 1. The van der Waals surface area contributed by atoms with Gasteiger partial charge in [-0.25, -0.2) is 4.79 Å². The first kappa shape index (κ1) is 29.4. The second-order valence-electron chi connectivity index (χ2n) is 10.3. The molecule has 1 fully saturated rings. The summed E-state index contributed by atoms with van der Waals surface area (Å²) in [4.78, 5) is 65.8. The van der Waals surface area contributed by atoms with Gasteiger partial charge in [0, 0.05) is 38.3 Å². The highest BCUT2D eigenvalue weighted by Gasteiger charge is 2.46. The minimum atomic E-state index is -4.05. The summed E-state index contributed by atoms with van der Waals surface area (Å²) >= 11 is 0. The normalized spacial score (nSPS) is 16.4. The summed E-state index contributed by atoms with van der Waals surface area (Å²) in [5.74, 6) is -7.01. The van der Waals surface area contributed by atoms with Crippen molar-refractivity contribution >= 4 is 41.1 Å². The first-order valence-corrected chi connectivity index (χ1v) is 13.5. The Labute approximate surface area is 245 Å². The smallest absolute Gasteiger partial charge is 0.414 e. The summed E-state index contributed by atoms with van der Waals surface area (Å²) < 4.78 is 36.9. The lowest BCUT2D eigenvalue weighted by atomic mass is 10.0. The van der Waals surface area contributed by atoms with Crippen LogP contribution in [0.2, 0.25) is 0 Å². The molecule has 5 rings (SSSR count). The molecule has 1 unspecified atom stereocenters. The maximum absolute atomic E-state index is 15.8. The number of hydrogen-bond acceptors (Lipinski definition) is 6. The van der Waals surface area contributed by atoms with Crippen molar-refractivity contribution < 1.29 is 37.5 Å². The molecule has 0 aliphatic carbocycles. The molecule has 222 valence electrons. The molecule has 1 atom stereocenters. The molecule has 10 nitrogen and oxygen atoms in total. The van der Waals surface area contributed by atoms with Gasteiger partial charge in [0.05, 0.1) is 11.3 Å². The molecule has 0 radical (unpaired) electrons. The quantitative estimate of drug-likeness (QED) is 0.417. The number of amides is 5. The molecule has 2 aliphatic rings. The van der Waals surface area contributed by atoms with E-state index < -0.39 is 47.2 Å². The van der Waals surface area contributed by atoms with Gasteiger partial charge in [0.25, 0.3) is 5.91 Å². The average Bonchev–Trinajstić information content (AvgIpc) is 3.34. The van der Waals surface area contributed by atoms with E-state index in [0.717, 1.165) is 21.4 Å². The number of alkyl halides is 2. The summed E-state index contributed by atoms with van der Waals surface area (Å²) in [5.41, 5.74) is 0.669. The SMILES string of the molecule is CN(C(=O)C(F)(F)c1ccccc1N(C)C(=O)OCc1ccccc1)c1ccc2c(c1)CN(C1CCC(=O)NC1=O)C2=O. The van der Waals surface area contributed by atoms with Gasteiger partial charge >= 0.3 is 17.9 Å². The Bertz CT molecular complexity index is 1610. The molecule has 43 heavy (non-hydrogen) atoms. The number of nitrogens with zero attached hydrogens (tertiary/aromatic N) is 3. The Hall–Kier alpha value is -5.13. The number of carbonyl (C=O) groups excluding carboxylic acids is 5. The van der Waals surface area contributed by atoms with Crippen LogP contribution >= 0.6 is 0 Å². The molecule has 0 spiro atoms. The number of anilines is 2. The zero-order valence-electron chi connectivity index (χ0n) is 23.4. The van der Waals surface area contributed by atoms with Gasteiger partial charge in [0.15, 0.2) is 0 Å². The third kappa shape index (κ3) is 5.68. The monoisotopic (exact) mass is 590 g/mol. The fraction of sp³-hybridized carbons (Fsp3) is 0.258. The van der Waals surface area contributed by atoms with E-state index in [2.05, 4.69) is 5.32 Å². The molecule has 3 aromatic carbocycles. The zero-order chi connectivity index (χ0) is 30.9. The van der Waals surface area contributed by atoms with Gasteiger partial charge < -0.3 is 14.5 Å². The third-order valence-electron chi connectivity index (χ3n) is 7.55. The summed E-state index contributed by atoms with van der Waals surface area (Å²) in [6.45, 7) is -0.0442. The van der Waals surface area contributed by atoms with E-state index in [4.69, 9.17) is 4.74 Å². The topological polar surface area (TPSA) is 116 Å². The van der Waals surface area contributed by atoms with Crippen molar-refractivity contribution in [1.29, 1.82) is 0 Å². The maximum Gasteiger partial charge on any atom is 0.414 e. The number of rotatable bonds is 7. The number of para-hydroxylation sites is 1. The van der Waals surface area contributed by atoms with E-state index in [1.807, 2.05) is 6.07 Å². The summed E-state index contributed by atoms with van der Waals surface area (Å²) in [6.07, 6.45) is -0.609. The highest BCUT2D eigenvalue weighted by Crippen LogP contribution is 2.38. The van der Waals surface area contributed by atoms with Crippen LogP contribution in [0.1, 0.15) is 39.9 Å². The van der Waals surface area contributed by atoms with E-state index in [1.54, 1.807) is 24.3 Å². The van der Waals surface area contributed by atoms with Crippen molar-refractivity contribution in [3.63, 3.8) is 0 Å². The van der Waals surface area contributed by atoms with Crippen LogP contribution in [-0.4, -0.2) is 54.8 Å². The van der Waals surface area contributed by atoms with Crippen molar-refractivity contribution in [2.24, 2.45) is 0 Å². The first-order chi connectivity index (χ1) is 20.5. The van der Waals surface area contributed by atoms with Crippen LogP contribution in [0.5, 0.6) is 0 Å². The minimum absolute atomic E-state index is 0.0193. The number of hydrogen-bond donors (Lipinski definition) is 1. The Morgan fingerprint density at radius 2 is 1.67 bits per heavy atom. The number of fused-ring (bicyclic) bond motifs is 1. The van der Waals surface area contributed by atoms with Gasteiger partial charge in [0.2, 0.25) is 11.8 Å². The predicted octanol–water partition coefficient (Wildman–Crippen LogP) is 3.98. The van der Waals surface area contributed by atoms with E-state index in [9.17, 15) is 24.0 Å². The van der Waals surface area contributed by atoms with E-state index in [-0.39, 0.29) is 42.9 Å². The maximum atomic E-state index is 15.8. The van der Waals surface area contributed by atoms with E-state index in [1.165, 1.54) is 55.4 Å². The molecule has 3 aromatic rings. The number of benzene rings is 3. The second-order valence-corrected chi connectivity index (χ2v) is 10.3. The summed E-state index contributed by atoms with van der Waals surface area (Å²) in [6, 6.07) is 17.5. The Morgan fingerprint density at radius 1 is 0.977 bits per heavy atom. The van der Waals surface area contributed by atoms with Gasteiger partial charge in [-0.3, -0.25) is 29.4 Å². The second kappa shape index (κ2) is 11.6. The fourth-order valence-electron chi connectivity index (χ4n) is 5.16. The van der Waals surface area contributed by atoms with Crippen LogP contribution < -0.4 is 15.1 Å². The first-order valence-electron chi connectivity index (χ1n) is 13.5. The molecule has 0 saturated carbocycles. The van der Waals surface area contributed by atoms with Gasteiger partial charge in [0.1, 0.15) is 12.6 Å². The molecular weight excluding hydrogens is 562 g/mol. The number of carbonyl (C=O) groups is 5. The van der Waals surface area contributed by atoms with Crippen molar-refractivity contribution in [1.82, 2.24) is 10.2 Å². The van der Waals surface area contributed by atoms with Crippen LogP contribution in [0, 0.1) is 0 Å². The molecule has 0 bridgehead atoms. The van der Waals surface area contributed by atoms with Crippen LogP contribution in [0.25, 0.3) is 0 Å². The van der Waals surface area contributed by atoms with E-state index >= 15 is 8.78 Å². The van der Waals surface area contributed by atoms with Gasteiger partial charge in [-0.15, -0.1) is 0 Å². The lowest BCUT2D eigenvalue weighted by molar-refractivity contribution is -0.143. The lowest BCUT2D eigenvalue weighted by Crippen LogP contribution is -2.52. The number of likely N-dealkylation sites (N-methyl/N-ethyl adjacent to an activating group) is 1. The molecule has 1 N–H and O–H groups in total. The Morgan fingerprint density at radius 3 is 2.40 bits per heavy atom. The fourth-order valence-corrected chi connectivity index (χ4v) is 5.16. The van der Waals surface area contributed by atoms with Crippen LogP contribution in [-0.2, 0) is 38.2 Å². The number of halogens is 2. The molecule has 1 saturated heterocycles. The largest absolute Gasteiger partial charge is 0.444 e. The van der Waals surface area contributed by atoms with Gasteiger partial charge in [-0.1, -0.05) is 48.5 Å². The number of piperidine rings is 1. The molecule has 5 amide bonds. The number of imide groups is 1. The highest BCUT2D eigenvalue weighted by molar-refractivity contribution is 6.06. The lowest BCUT2D eigenvalue weighted by Gasteiger charge is -2.29. The van der Waals surface area contributed by atoms with Gasteiger partial charge in [-0.2, -0.15) is 8.78 Å². The van der Waals surface area contributed by atoms with Crippen LogP contribution in [0.3, 0.4) is 0 Å². The summed E-state index contributed by atoms with van der Waals surface area (Å²) in [5, 5.41) is 2.22. The van der Waals surface area contributed by atoms with Crippen LogP contribution in [0.15, 0.2) is 72.8 Å². The number of ether oxygens (including phenoxy) is 1. The molecule has 2 heterocycles. The van der Waals surface area contributed by atoms with Crippen molar-refractivity contribution in [2.75, 3.05) is 23.9 Å². The third-order valence-corrected chi connectivity index (χ3v) is 7.55. The minimum Gasteiger partial charge on any atom is -0.444 e. The van der Waals surface area contributed by atoms with Gasteiger partial charge in [-0.05, 0) is 41.8 Å².